The van der Waals surface area contributed by atoms with Crippen LogP contribution in [-0.2, 0) is 16.0 Å². The van der Waals surface area contributed by atoms with E-state index in [0.29, 0.717) is 24.3 Å². The number of fused-ring (bicyclic) bond motifs is 2. The third-order valence-electron chi connectivity index (χ3n) is 6.12. The fourth-order valence-corrected chi connectivity index (χ4v) is 5.11. The van der Waals surface area contributed by atoms with Gasteiger partial charge in [0.2, 0.25) is 0 Å². The van der Waals surface area contributed by atoms with E-state index in [-0.39, 0.29) is 12.1 Å². The predicted octanol–water partition coefficient (Wildman–Crippen LogP) is 4.17. The van der Waals surface area contributed by atoms with Crippen molar-refractivity contribution >= 4 is 5.97 Å². The Labute approximate surface area is 156 Å². The van der Waals surface area contributed by atoms with Gasteiger partial charge in [0.05, 0.1) is 6.42 Å². The minimum Gasteiger partial charge on any atom is -0.462 e. The van der Waals surface area contributed by atoms with Crippen molar-refractivity contribution in [3.8, 4) is 11.1 Å². The maximum absolute atomic E-state index is 12.7. The summed E-state index contributed by atoms with van der Waals surface area (Å²) in [5, 5.41) is 0. The van der Waals surface area contributed by atoms with E-state index in [1.165, 1.54) is 12.8 Å². The van der Waals surface area contributed by atoms with Gasteiger partial charge in [0, 0.05) is 12.0 Å². The van der Waals surface area contributed by atoms with Crippen molar-refractivity contribution in [1.29, 1.82) is 0 Å². The second-order valence-corrected chi connectivity index (χ2v) is 7.92. The molecule has 136 valence electrons. The summed E-state index contributed by atoms with van der Waals surface area (Å²) in [5.41, 5.74) is 3.30. The molecule has 0 aromatic heterocycles. The van der Waals surface area contributed by atoms with E-state index in [1.54, 1.807) is 0 Å². The minimum absolute atomic E-state index is 0.0940. The van der Waals surface area contributed by atoms with E-state index in [1.807, 2.05) is 36.4 Å². The fraction of sp³-hybridized carbons (Fsp3) is 0.435. The van der Waals surface area contributed by atoms with Crippen molar-refractivity contribution in [3.63, 3.8) is 0 Å². The lowest BCUT2D eigenvalue weighted by atomic mass is 9.96. The molecule has 0 N–H and O–H groups in total. The maximum Gasteiger partial charge on any atom is 0.310 e. The van der Waals surface area contributed by atoms with Crippen LogP contribution in [0.1, 0.15) is 24.8 Å². The molecule has 0 radical (unpaired) electrons. The second kappa shape index (κ2) is 7.24. The summed E-state index contributed by atoms with van der Waals surface area (Å²) < 4.78 is 5.95. The minimum atomic E-state index is -0.0940. The molecule has 4 atom stereocenters. The molecule has 3 nitrogen and oxygen atoms in total. The molecule has 2 aromatic carbocycles. The van der Waals surface area contributed by atoms with Gasteiger partial charge in [-0.05, 0) is 56.0 Å². The number of carbonyl (C=O) groups excluding carboxylic acids is 1. The van der Waals surface area contributed by atoms with Crippen LogP contribution in [0, 0.1) is 11.8 Å². The quantitative estimate of drug-likeness (QED) is 0.759. The summed E-state index contributed by atoms with van der Waals surface area (Å²) in [5.74, 6) is 1.09. The number of esters is 1. The zero-order valence-corrected chi connectivity index (χ0v) is 15.6. The van der Waals surface area contributed by atoms with Gasteiger partial charge in [-0.15, -0.1) is 0 Å². The van der Waals surface area contributed by atoms with E-state index in [9.17, 15) is 4.79 Å². The zero-order valence-electron chi connectivity index (χ0n) is 15.6. The Morgan fingerprint density at radius 2 is 1.77 bits per heavy atom. The lowest BCUT2D eigenvalue weighted by molar-refractivity contribution is -0.150. The van der Waals surface area contributed by atoms with Gasteiger partial charge in [0.25, 0.3) is 0 Å². The first-order chi connectivity index (χ1) is 12.6. The average Bonchev–Trinajstić information content (AvgIpc) is 3.21. The van der Waals surface area contributed by atoms with Crippen molar-refractivity contribution < 1.29 is 9.53 Å². The summed E-state index contributed by atoms with van der Waals surface area (Å²) in [6.45, 7) is 0. The lowest BCUT2D eigenvalue weighted by Crippen LogP contribution is -2.35. The molecule has 0 saturated heterocycles. The van der Waals surface area contributed by atoms with Crippen molar-refractivity contribution in [3.05, 3.63) is 60.2 Å². The summed E-state index contributed by atoms with van der Waals surface area (Å²) in [6.07, 6.45) is 3.92. The first-order valence-corrected chi connectivity index (χ1v) is 9.62. The molecule has 2 bridgehead atoms. The Bertz CT molecular complexity index is 771. The van der Waals surface area contributed by atoms with Crippen LogP contribution in [-0.4, -0.2) is 37.1 Å². The third kappa shape index (κ3) is 3.28. The highest BCUT2D eigenvalue weighted by Crippen LogP contribution is 2.48. The third-order valence-corrected chi connectivity index (χ3v) is 6.12. The second-order valence-electron chi connectivity index (χ2n) is 7.92. The van der Waals surface area contributed by atoms with Crippen LogP contribution in [0.25, 0.3) is 11.1 Å². The van der Waals surface area contributed by atoms with Crippen molar-refractivity contribution in [1.82, 2.24) is 4.90 Å². The van der Waals surface area contributed by atoms with Crippen LogP contribution in [0.5, 0.6) is 0 Å². The van der Waals surface area contributed by atoms with Crippen LogP contribution in [0.3, 0.4) is 0 Å². The van der Waals surface area contributed by atoms with Gasteiger partial charge < -0.3 is 9.64 Å². The summed E-state index contributed by atoms with van der Waals surface area (Å²) in [4.78, 5) is 15.0. The number of hydrogen-bond acceptors (Lipinski definition) is 3. The smallest absolute Gasteiger partial charge is 0.310 e. The van der Waals surface area contributed by atoms with E-state index >= 15 is 0 Å². The van der Waals surface area contributed by atoms with E-state index in [0.717, 1.165) is 23.1 Å². The number of hydrogen-bond donors (Lipinski definition) is 0. The maximum atomic E-state index is 12.7. The first kappa shape index (κ1) is 17.3. The lowest BCUT2D eigenvalue weighted by Gasteiger charge is -2.26. The topological polar surface area (TPSA) is 29.5 Å². The van der Waals surface area contributed by atoms with E-state index in [2.05, 4.69) is 37.2 Å². The standard InChI is InChI=1S/C23H27NO2/c1-24(2)23-18-12-13-20(23)21(14-18)26-22(25)15-17-10-6-7-11-19(17)16-8-4-3-5-9-16/h3-11,18,20-21,23H,12-15H2,1-2H3. The number of nitrogens with zero attached hydrogens (tertiary/aromatic N) is 1. The number of carbonyl (C=O) groups is 1. The van der Waals surface area contributed by atoms with E-state index in [4.69, 9.17) is 4.74 Å². The molecule has 0 amide bonds. The van der Waals surface area contributed by atoms with Crippen LogP contribution < -0.4 is 0 Å². The molecule has 0 aliphatic heterocycles. The van der Waals surface area contributed by atoms with E-state index < -0.39 is 0 Å². The average molecular weight is 349 g/mol. The Kier molecular flexibility index (Phi) is 4.82. The fourth-order valence-electron chi connectivity index (χ4n) is 5.11. The van der Waals surface area contributed by atoms with Crippen molar-refractivity contribution in [2.24, 2.45) is 11.8 Å². The molecule has 4 rings (SSSR count). The molecular formula is C23H27NO2. The van der Waals surface area contributed by atoms with Gasteiger partial charge in [-0.3, -0.25) is 4.79 Å². The Morgan fingerprint density at radius 1 is 1.04 bits per heavy atom. The molecule has 3 heteroatoms. The number of ether oxygens (including phenoxy) is 1. The molecule has 2 aliphatic rings. The van der Waals surface area contributed by atoms with Crippen LogP contribution in [0.2, 0.25) is 0 Å². The van der Waals surface area contributed by atoms with Gasteiger partial charge >= 0.3 is 5.97 Å². The molecule has 2 fully saturated rings. The van der Waals surface area contributed by atoms with Crippen molar-refractivity contribution in [2.45, 2.75) is 37.8 Å². The Hall–Kier alpha value is -2.13. The summed E-state index contributed by atoms with van der Waals surface area (Å²) in [7, 11) is 4.30. The molecule has 4 unspecified atom stereocenters. The van der Waals surface area contributed by atoms with Gasteiger partial charge in [-0.1, -0.05) is 54.6 Å². The molecule has 2 saturated carbocycles. The Morgan fingerprint density at radius 3 is 2.50 bits per heavy atom. The van der Waals surface area contributed by atoms with Gasteiger partial charge in [0.15, 0.2) is 0 Å². The molecule has 2 aromatic rings. The Balaban J connectivity index is 1.45. The summed E-state index contributed by atoms with van der Waals surface area (Å²) >= 11 is 0. The molecule has 0 spiro atoms. The highest BCUT2D eigenvalue weighted by molar-refractivity contribution is 5.78. The number of benzene rings is 2. The number of rotatable bonds is 5. The largest absolute Gasteiger partial charge is 0.462 e. The zero-order chi connectivity index (χ0) is 18.1. The molecule has 0 heterocycles. The normalized spacial score (nSPS) is 27.0. The SMILES string of the molecule is CN(C)C1C2CCC1C(OC(=O)Cc1ccccc1-c1ccccc1)C2. The van der Waals surface area contributed by atoms with Crippen LogP contribution in [0.15, 0.2) is 54.6 Å². The summed E-state index contributed by atoms with van der Waals surface area (Å²) in [6, 6.07) is 18.9. The molecule has 26 heavy (non-hydrogen) atoms. The van der Waals surface area contributed by atoms with Gasteiger partial charge in [-0.25, -0.2) is 0 Å². The van der Waals surface area contributed by atoms with Crippen LogP contribution in [0.4, 0.5) is 0 Å². The highest BCUT2D eigenvalue weighted by Gasteiger charge is 2.50. The van der Waals surface area contributed by atoms with Gasteiger partial charge in [-0.2, -0.15) is 0 Å². The van der Waals surface area contributed by atoms with Crippen molar-refractivity contribution in [2.75, 3.05) is 14.1 Å². The first-order valence-electron chi connectivity index (χ1n) is 9.62. The predicted molar refractivity (Wildman–Crippen MR) is 104 cm³/mol. The highest BCUT2D eigenvalue weighted by atomic mass is 16.5. The molecule has 2 aliphatic carbocycles. The monoisotopic (exact) mass is 349 g/mol. The molecular weight excluding hydrogens is 322 g/mol. The van der Waals surface area contributed by atoms with Gasteiger partial charge in [0.1, 0.15) is 6.10 Å². The van der Waals surface area contributed by atoms with Crippen LogP contribution >= 0.6 is 0 Å².